The summed E-state index contributed by atoms with van der Waals surface area (Å²) in [4.78, 5) is 0. The van der Waals surface area contributed by atoms with Gasteiger partial charge in [0, 0.05) is 11.3 Å². The van der Waals surface area contributed by atoms with E-state index in [1.165, 1.54) is 0 Å². The highest BCUT2D eigenvalue weighted by Gasteiger charge is 2.08. The van der Waals surface area contributed by atoms with Gasteiger partial charge in [0.2, 0.25) is 0 Å². The van der Waals surface area contributed by atoms with Crippen molar-refractivity contribution < 1.29 is 4.39 Å². The number of hydrogen-bond donors (Lipinski definition) is 1. The number of rotatable bonds is 1. The maximum absolute atomic E-state index is 13.8. The van der Waals surface area contributed by atoms with Crippen molar-refractivity contribution in [2.45, 2.75) is 6.92 Å². The maximum Gasteiger partial charge on any atom is 0.145 e. The molecule has 0 radical (unpaired) electrons. The van der Waals surface area contributed by atoms with E-state index in [1.54, 1.807) is 18.2 Å². The molecular weight excluding hydrogens is 269 g/mol. The van der Waals surface area contributed by atoms with Crippen LogP contribution in [0.2, 0.25) is 0 Å². The van der Waals surface area contributed by atoms with Crippen LogP contribution < -0.4 is 5.73 Å². The Morgan fingerprint density at radius 1 is 1.19 bits per heavy atom. The maximum atomic E-state index is 13.8. The third-order valence-corrected chi connectivity index (χ3v) is 3.14. The first-order valence-electron chi connectivity index (χ1n) is 4.90. The Kier molecular flexibility index (Phi) is 2.97. The fraction of sp³-hybridized carbons (Fsp3) is 0.0769. The molecule has 0 bridgehead atoms. The molecule has 0 amide bonds. The summed E-state index contributed by atoms with van der Waals surface area (Å²) in [6.07, 6.45) is 0. The minimum Gasteiger partial charge on any atom is -0.399 e. The highest BCUT2D eigenvalue weighted by molar-refractivity contribution is 9.10. The second-order valence-corrected chi connectivity index (χ2v) is 4.53. The number of aryl methyl sites for hydroxylation is 1. The molecule has 1 nitrogen and oxygen atoms in total. The molecular formula is C13H11BrFN. The zero-order chi connectivity index (χ0) is 11.7. The van der Waals surface area contributed by atoms with Crippen LogP contribution in [0.4, 0.5) is 10.1 Å². The number of hydrogen-bond acceptors (Lipinski definition) is 1. The fourth-order valence-electron chi connectivity index (χ4n) is 1.57. The number of anilines is 1. The standard InChI is InChI=1S/C13H11BrFN/c1-8-7-9(5-6-12(8)16)10-3-2-4-11(14)13(10)15/h2-7H,16H2,1H3. The summed E-state index contributed by atoms with van der Waals surface area (Å²) in [6, 6.07) is 10.8. The van der Waals surface area contributed by atoms with Crippen molar-refractivity contribution in [3.63, 3.8) is 0 Å². The van der Waals surface area contributed by atoms with Gasteiger partial charge < -0.3 is 5.73 Å². The van der Waals surface area contributed by atoms with Crippen LogP contribution in [0.5, 0.6) is 0 Å². The summed E-state index contributed by atoms with van der Waals surface area (Å²) < 4.78 is 14.3. The lowest BCUT2D eigenvalue weighted by atomic mass is 10.0. The minimum absolute atomic E-state index is 0.244. The molecule has 16 heavy (non-hydrogen) atoms. The molecule has 2 aromatic carbocycles. The van der Waals surface area contributed by atoms with Gasteiger partial charge in [-0.05, 0) is 52.2 Å². The van der Waals surface area contributed by atoms with Gasteiger partial charge in [0.15, 0.2) is 0 Å². The van der Waals surface area contributed by atoms with Gasteiger partial charge in [-0.25, -0.2) is 4.39 Å². The van der Waals surface area contributed by atoms with Gasteiger partial charge >= 0.3 is 0 Å². The zero-order valence-electron chi connectivity index (χ0n) is 8.80. The molecule has 0 saturated heterocycles. The molecule has 0 saturated carbocycles. The quantitative estimate of drug-likeness (QED) is 0.780. The van der Waals surface area contributed by atoms with Crippen LogP contribution in [-0.2, 0) is 0 Å². The Labute approximate surface area is 102 Å². The van der Waals surface area contributed by atoms with Gasteiger partial charge in [-0.2, -0.15) is 0 Å². The van der Waals surface area contributed by atoms with E-state index in [1.807, 2.05) is 25.1 Å². The Bertz CT molecular complexity index is 537. The van der Waals surface area contributed by atoms with E-state index >= 15 is 0 Å². The SMILES string of the molecule is Cc1cc(-c2cccc(Br)c2F)ccc1N. The summed E-state index contributed by atoms with van der Waals surface area (Å²) in [5.74, 6) is -0.244. The van der Waals surface area contributed by atoms with Crippen LogP contribution in [0.25, 0.3) is 11.1 Å². The predicted octanol–water partition coefficient (Wildman–Crippen LogP) is 4.15. The first kappa shape index (κ1) is 11.1. The molecule has 0 aliphatic heterocycles. The third-order valence-electron chi connectivity index (χ3n) is 2.53. The molecule has 0 unspecified atom stereocenters. The highest BCUT2D eigenvalue weighted by Crippen LogP contribution is 2.29. The van der Waals surface area contributed by atoms with E-state index in [0.29, 0.717) is 10.0 Å². The lowest BCUT2D eigenvalue weighted by Crippen LogP contribution is -1.91. The molecule has 2 aromatic rings. The van der Waals surface area contributed by atoms with Crippen molar-refractivity contribution in [3.05, 3.63) is 52.3 Å². The van der Waals surface area contributed by atoms with Gasteiger partial charge in [0.25, 0.3) is 0 Å². The van der Waals surface area contributed by atoms with Crippen molar-refractivity contribution >= 4 is 21.6 Å². The van der Waals surface area contributed by atoms with Crippen molar-refractivity contribution in [1.29, 1.82) is 0 Å². The minimum atomic E-state index is -0.244. The van der Waals surface area contributed by atoms with E-state index in [4.69, 9.17) is 5.73 Å². The second-order valence-electron chi connectivity index (χ2n) is 3.67. The smallest absolute Gasteiger partial charge is 0.145 e. The van der Waals surface area contributed by atoms with Gasteiger partial charge in [0.05, 0.1) is 4.47 Å². The van der Waals surface area contributed by atoms with Crippen molar-refractivity contribution in [2.24, 2.45) is 0 Å². The van der Waals surface area contributed by atoms with Crippen LogP contribution in [0.3, 0.4) is 0 Å². The number of nitrogen functional groups attached to an aromatic ring is 1. The second kappa shape index (κ2) is 4.26. The van der Waals surface area contributed by atoms with Gasteiger partial charge in [-0.1, -0.05) is 18.2 Å². The molecule has 0 aliphatic rings. The molecule has 0 aliphatic carbocycles. The lowest BCUT2D eigenvalue weighted by molar-refractivity contribution is 0.624. The molecule has 2 rings (SSSR count). The average molecular weight is 280 g/mol. The van der Waals surface area contributed by atoms with Crippen LogP contribution in [-0.4, -0.2) is 0 Å². The number of halogens is 2. The first-order chi connectivity index (χ1) is 7.59. The lowest BCUT2D eigenvalue weighted by Gasteiger charge is -2.07. The average Bonchev–Trinajstić information content (AvgIpc) is 2.26. The fourth-order valence-corrected chi connectivity index (χ4v) is 1.94. The molecule has 0 aromatic heterocycles. The Hall–Kier alpha value is -1.35. The van der Waals surface area contributed by atoms with Crippen LogP contribution in [0.1, 0.15) is 5.56 Å². The first-order valence-corrected chi connectivity index (χ1v) is 5.69. The van der Waals surface area contributed by atoms with Crippen LogP contribution >= 0.6 is 15.9 Å². The Morgan fingerprint density at radius 3 is 2.62 bits per heavy atom. The third kappa shape index (κ3) is 1.95. The van der Waals surface area contributed by atoms with Gasteiger partial charge in [0.1, 0.15) is 5.82 Å². The van der Waals surface area contributed by atoms with E-state index in [2.05, 4.69) is 15.9 Å². The molecule has 82 valence electrons. The van der Waals surface area contributed by atoms with Crippen LogP contribution in [0.15, 0.2) is 40.9 Å². The van der Waals surface area contributed by atoms with E-state index < -0.39 is 0 Å². The van der Waals surface area contributed by atoms with Crippen molar-refractivity contribution in [1.82, 2.24) is 0 Å². The van der Waals surface area contributed by atoms with Crippen LogP contribution in [0, 0.1) is 12.7 Å². The molecule has 0 atom stereocenters. The molecule has 2 N–H and O–H groups in total. The largest absolute Gasteiger partial charge is 0.399 e. The van der Waals surface area contributed by atoms with Crippen molar-refractivity contribution in [2.75, 3.05) is 5.73 Å². The molecule has 0 fully saturated rings. The summed E-state index contributed by atoms with van der Waals surface area (Å²) in [6.45, 7) is 1.91. The monoisotopic (exact) mass is 279 g/mol. The molecule has 0 spiro atoms. The number of nitrogens with two attached hydrogens (primary N) is 1. The van der Waals surface area contributed by atoms with E-state index in [9.17, 15) is 4.39 Å². The summed E-state index contributed by atoms with van der Waals surface area (Å²) in [5.41, 5.74) is 8.83. The normalized spacial score (nSPS) is 10.4. The Morgan fingerprint density at radius 2 is 1.94 bits per heavy atom. The summed E-state index contributed by atoms with van der Waals surface area (Å²) in [7, 11) is 0. The highest BCUT2D eigenvalue weighted by atomic mass is 79.9. The van der Waals surface area contributed by atoms with E-state index in [-0.39, 0.29) is 5.82 Å². The topological polar surface area (TPSA) is 26.0 Å². The molecule has 0 heterocycles. The van der Waals surface area contributed by atoms with Crippen molar-refractivity contribution in [3.8, 4) is 11.1 Å². The summed E-state index contributed by atoms with van der Waals surface area (Å²) in [5, 5.41) is 0. The predicted molar refractivity (Wildman–Crippen MR) is 68.7 cm³/mol. The number of benzene rings is 2. The zero-order valence-corrected chi connectivity index (χ0v) is 10.4. The van der Waals surface area contributed by atoms with Gasteiger partial charge in [-0.15, -0.1) is 0 Å². The van der Waals surface area contributed by atoms with E-state index in [0.717, 1.165) is 16.8 Å². The summed E-state index contributed by atoms with van der Waals surface area (Å²) >= 11 is 3.18. The molecule has 3 heteroatoms. The Balaban J connectivity index is 2.59. The van der Waals surface area contributed by atoms with Gasteiger partial charge in [-0.3, -0.25) is 0 Å².